The maximum Gasteiger partial charge on any atom is 0.238 e. The van der Waals surface area contributed by atoms with Crippen LogP contribution in [0.4, 0.5) is 4.39 Å². The molecule has 0 saturated carbocycles. The van der Waals surface area contributed by atoms with Gasteiger partial charge in [-0.3, -0.25) is 4.79 Å². The van der Waals surface area contributed by atoms with Crippen LogP contribution >= 0.6 is 0 Å². The molecule has 6 heteroatoms. The van der Waals surface area contributed by atoms with Gasteiger partial charge in [0.25, 0.3) is 0 Å². The van der Waals surface area contributed by atoms with Crippen LogP contribution < -0.4 is 0 Å². The Morgan fingerprint density at radius 1 is 1.05 bits per heavy atom. The first kappa shape index (κ1) is 16.2. The standard InChI is InChI=1S/C16H16FNO3S/c1-18(11-13-7-9-14(17)10-8-13)16(19)12-22(20,21)15-5-3-2-4-6-15/h2-10H,11-12H2,1H3. The predicted octanol–water partition coefficient (Wildman–Crippen LogP) is 2.26. The number of hydrogen-bond acceptors (Lipinski definition) is 3. The Hall–Kier alpha value is -2.21. The fraction of sp³-hybridized carbons (Fsp3) is 0.188. The molecule has 2 aromatic carbocycles. The van der Waals surface area contributed by atoms with E-state index in [0.717, 1.165) is 5.56 Å². The van der Waals surface area contributed by atoms with E-state index in [1.165, 1.54) is 36.2 Å². The molecule has 0 spiro atoms. The summed E-state index contributed by atoms with van der Waals surface area (Å²) in [4.78, 5) is 13.5. The van der Waals surface area contributed by atoms with Gasteiger partial charge in [0.2, 0.25) is 5.91 Å². The lowest BCUT2D eigenvalue weighted by molar-refractivity contribution is -0.127. The molecule has 0 atom stereocenters. The van der Waals surface area contributed by atoms with E-state index in [1.54, 1.807) is 30.3 Å². The third kappa shape index (κ3) is 4.14. The van der Waals surface area contributed by atoms with Crippen molar-refractivity contribution in [1.82, 2.24) is 4.90 Å². The smallest absolute Gasteiger partial charge is 0.238 e. The van der Waals surface area contributed by atoms with Crippen molar-refractivity contribution in [2.75, 3.05) is 12.8 Å². The van der Waals surface area contributed by atoms with Crippen molar-refractivity contribution in [2.45, 2.75) is 11.4 Å². The van der Waals surface area contributed by atoms with E-state index in [9.17, 15) is 17.6 Å². The van der Waals surface area contributed by atoms with Gasteiger partial charge in [0.05, 0.1) is 4.90 Å². The molecule has 0 bridgehead atoms. The largest absolute Gasteiger partial charge is 0.341 e. The number of sulfone groups is 1. The second-order valence-electron chi connectivity index (χ2n) is 4.95. The van der Waals surface area contributed by atoms with Crippen molar-refractivity contribution in [3.05, 3.63) is 66.0 Å². The van der Waals surface area contributed by atoms with Crippen LogP contribution in [0.1, 0.15) is 5.56 Å². The zero-order chi connectivity index (χ0) is 16.2. The van der Waals surface area contributed by atoms with E-state index in [1.807, 2.05) is 0 Å². The maximum absolute atomic E-state index is 12.8. The minimum atomic E-state index is -3.65. The molecule has 0 aliphatic heterocycles. The van der Waals surface area contributed by atoms with Gasteiger partial charge < -0.3 is 4.90 Å². The van der Waals surface area contributed by atoms with Crippen LogP contribution in [0, 0.1) is 5.82 Å². The zero-order valence-corrected chi connectivity index (χ0v) is 12.9. The lowest BCUT2D eigenvalue weighted by atomic mass is 10.2. The zero-order valence-electron chi connectivity index (χ0n) is 12.1. The van der Waals surface area contributed by atoms with Crippen LogP contribution in [0.25, 0.3) is 0 Å². The highest BCUT2D eigenvalue weighted by atomic mass is 32.2. The molecule has 1 amide bonds. The molecule has 0 saturated heterocycles. The van der Waals surface area contributed by atoms with Gasteiger partial charge in [0, 0.05) is 13.6 Å². The molecule has 0 aliphatic rings. The summed E-state index contributed by atoms with van der Waals surface area (Å²) in [6, 6.07) is 13.6. The Bertz CT molecular complexity index is 743. The van der Waals surface area contributed by atoms with Gasteiger partial charge in [-0.2, -0.15) is 0 Å². The quantitative estimate of drug-likeness (QED) is 0.849. The summed E-state index contributed by atoms with van der Waals surface area (Å²) in [5.74, 6) is -1.45. The van der Waals surface area contributed by atoms with Crippen LogP contribution in [0.5, 0.6) is 0 Å². The third-order valence-corrected chi connectivity index (χ3v) is 4.79. The number of amides is 1. The first-order valence-corrected chi connectivity index (χ1v) is 8.30. The maximum atomic E-state index is 12.8. The minimum absolute atomic E-state index is 0.124. The van der Waals surface area contributed by atoms with Crippen molar-refractivity contribution in [2.24, 2.45) is 0 Å². The summed E-state index contributed by atoms with van der Waals surface area (Å²) >= 11 is 0. The lowest BCUT2D eigenvalue weighted by Crippen LogP contribution is -2.32. The van der Waals surface area contributed by atoms with Gasteiger partial charge in [-0.05, 0) is 29.8 Å². The summed E-state index contributed by atoms with van der Waals surface area (Å²) in [7, 11) is -2.13. The van der Waals surface area contributed by atoms with E-state index < -0.39 is 21.5 Å². The van der Waals surface area contributed by atoms with E-state index >= 15 is 0 Å². The molecular formula is C16H16FNO3S. The molecule has 2 rings (SSSR count). The molecule has 0 fully saturated rings. The normalized spacial score (nSPS) is 11.2. The van der Waals surface area contributed by atoms with E-state index in [2.05, 4.69) is 0 Å². The molecule has 116 valence electrons. The SMILES string of the molecule is CN(Cc1ccc(F)cc1)C(=O)CS(=O)(=O)c1ccccc1. The monoisotopic (exact) mass is 321 g/mol. The Balaban J connectivity index is 2.04. The molecule has 2 aromatic rings. The summed E-state index contributed by atoms with van der Waals surface area (Å²) in [6.45, 7) is 0.226. The number of halogens is 1. The number of rotatable bonds is 5. The number of hydrogen-bond donors (Lipinski definition) is 0. The first-order valence-electron chi connectivity index (χ1n) is 6.65. The summed E-state index contributed by atoms with van der Waals surface area (Å²) in [6.07, 6.45) is 0. The second kappa shape index (κ2) is 6.70. The van der Waals surface area contributed by atoms with Crippen molar-refractivity contribution >= 4 is 15.7 Å². The van der Waals surface area contributed by atoms with Gasteiger partial charge >= 0.3 is 0 Å². The Labute approximate surface area is 129 Å². The van der Waals surface area contributed by atoms with Crippen LogP contribution in [-0.2, 0) is 21.2 Å². The van der Waals surface area contributed by atoms with Crippen LogP contribution in [0.3, 0.4) is 0 Å². The van der Waals surface area contributed by atoms with Crippen LogP contribution in [-0.4, -0.2) is 32.0 Å². The van der Waals surface area contributed by atoms with Gasteiger partial charge in [0.1, 0.15) is 11.6 Å². The minimum Gasteiger partial charge on any atom is -0.341 e. The first-order chi connectivity index (χ1) is 10.4. The van der Waals surface area contributed by atoms with E-state index in [0.29, 0.717) is 0 Å². The fourth-order valence-electron chi connectivity index (χ4n) is 1.94. The Morgan fingerprint density at radius 2 is 1.64 bits per heavy atom. The van der Waals surface area contributed by atoms with Crippen LogP contribution in [0.2, 0.25) is 0 Å². The van der Waals surface area contributed by atoms with Gasteiger partial charge in [-0.25, -0.2) is 12.8 Å². The predicted molar refractivity (Wildman–Crippen MR) is 81.4 cm³/mol. The van der Waals surface area contributed by atoms with Crippen molar-refractivity contribution in [1.29, 1.82) is 0 Å². The molecule has 0 N–H and O–H groups in total. The second-order valence-corrected chi connectivity index (χ2v) is 6.94. The molecule has 0 radical (unpaired) electrons. The third-order valence-electron chi connectivity index (χ3n) is 3.17. The number of carbonyl (C=O) groups is 1. The molecule has 0 aliphatic carbocycles. The highest BCUT2D eigenvalue weighted by Crippen LogP contribution is 2.12. The number of benzene rings is 2. The molecule has 22 heavy (non-hydrogen) atoms. The molecule has 4 nitrogen and oxygen atoms in total. The Kier molecular flexibility index (Phi) is 4.92. The van der Waals surface area contributed by atoms with Gasteiger partial charge in [-0.15, -0.1) is 0 Å². The molecule has 0 heterocycles. The van der Waals surface area contributed by atoms with E-state index in [4.69, 9.17) is 0 Å². The summed E-state index contributed by atoms with van der Waals surface area (Å²) in [5.41, 5.74) is 0.731. The molecular weight excluding hydrogens is 305 g/mol. The fourth-order valence-corrected chi connectivity index (χ4v) is 3.22. The van der Waals surface area contributed by atoms with Crippen molar-refractivity contribution in [3.8, 4) is 0 Å². The number of carbonyl (C=O) groups excluding carboxylic acids is 1. The number of nitrogens with zero attached hydrogens (tertiary/aromatic N) is 1. The van der Waals surface area contributed by atoms with Gasteiger partial charge in [-0.1, -0.05) is 30.3 Å². The Morgan fingerprint density at radius 3 is 2.23 bits per heavy atom. The van der Waals surface area contributed by atoms with Crippen molar-refractivity contribution in [3.63, 3.8) is 0 Å². The molecule has 0 aromatic heterocycles. The van der Waals surface area contributed by atoms with Gasteiger partial charge in [0.15, 0.2) is 9.84 Å². The lowest BCUT2D eigenvalue weighted by Gasteiger charge is -2.17. The summed E-state index contributed by atoms with van der Waals surface area (Å²) in [5, 5.41) is 0. The average molecular weight is 321 g/mol. The van der Waals surface area contributed by atoms with E-state index in [-0.39, 0.29) is 17.3 Å². The van der Waals surface area contributed by atoms with Crippen molar-refractivity contribution < 1.29 is 17.6 Å². The average Bonchev–Trinajstić information content (AvgIpc) is 2.50. The molecule has 0 unspecified atom stereocenters. The highest BCUT2D eigenvalue weighted by Gasteiger charge is 2.21. The summed E-state index contributed by atoms with van der Waals surface area (Å²) < 4.78 is 37.1. The topological polar surface area (TPSA) is 54.5 Å². The highest BCUT2D eigenvalue weighted by molar-refractivity contribution is 7.92. The van der Waals surface area contributed by atoms with Crippen LogP contribution in [0.15, 0.2) is 59.5 Å².